The summed E-state index contributed by atoms with van der Waals surface area (Å²) in [6, 6.07) is 0. The summed E-state index contributed by atoms with van der Waals surface area (Å²) >= 11 is 0.890. The van der Waals surface area contributed by atoms with Gasteiger partial charge in [0.05, 0.1) is 5.75 Å². The van der Waals surface area contributed by atoms with Crippen LogP contribution < -0.4 is 0 Å². The lowest BCUT2D eigenvalue weighted by atomic mass is 10.4. The molecule has 1 rings (SSSR count). The second-order valence-corrected chi connectivity index (χ2v) is 4.16. The average molecular weight is 229 g/mol. The summed E-state index contributed by atoms with van der Waals surface area (Å²) in [6.07, 6.45) is 2.07. The number of hydrogen-bond donors (Lipinski definition) is 1. The summed E-state index contributed by atoms with van der Waals surface area (Å²) in [4.78, 5) is 34.1. The van der Waals surface area contributed by atoms with Gasteiger partial charge in [-0.3, -0.25) is 9.59 Å². The number of carbonyl (C=O) groups is 3. The summed E-state index contributed by atoms with van der Waals surface area (Å²) in [5, 5.41) is 8.62. The van der Waals surface area contributed by atoms with Gasteiger partial charge in [0.25, 0.3) is 0 Å². The van der Waals surface area contributed by atoms with Crippen LogP contribution in [-0.2, 0) is 14.4 Å². The number of nitrogens with zero attached hydrogens (tertiary/aromatic N) is 1. The number of carbonyl (C=O) groups excluding carboxylic acids is 2. The molecule has 1 heterocycles. The fourth-order valence-electron chi connectivity index (χ4n) is 1.26. The van der Waals surface area contributed by atoms with E-state index in [1.54, 1.807) is 0 Å². The van der Waals surface area contributed by atoms with Gasteiger partial charge in [0.2, 0.25) is 5.91 Å². The van der Waals surface area contributed by atoms with Crippen LogP contribution >= 0.6 is 11.8 Å². The first-order valence-electron chi connectivity index (χ1n) is 4.39. The normalized spacial score (nSPS) is 15.0. The molecule has 0 aromatic heterocycles. The third kappa shape index (κ3) is 3.09. The van der Waals surface area contributed by atoms with Gasteiger partial charge in [-0.1, -0.05) is 17.8 Å². The Hall–Kier alpha value is -1.30. The number of carboxylic acids is 1. The number of thioether (sulfide) groups is 1. The third-order valence-electron chi connectivity index (χ3n) is 1.90. The second-order valence-electron chi connectivity index (χ2n) is 3.01. The van der Waals surface area contributed by atoms with Crippen molar-refractivity contribution in [2.75, 3.05) is 12.3 Å². The lowest BCUT2D eigenvalue weighted by molar-refractivity contribution is -0.138. The van der Waals surface area contributed by atoms with E-state index in [-0.39, 0.29) is 22.5 Å². The number of amides is 1. The number of hydrogen-bond acceptors (Lipinski definition) is 4. The highest BCUT2D eigenvalue weighted by Crippen LogP contribution is 2.17. The van der Waals surface area contributed by atoms with Gasteiger partial charge in [-0.2, -0.15) is 0 Å². The summed E-state index contributed by atoms with van der Waals surface area (Å²) < 4.78 is 0. The van der Waals surface area contributed by atoms with Crippen LogP contribution in [0.3, 0.4) is 0 Å². The molecule has 15 heavy (non-hydrogen) atoms. The van der Waals surface area contributed by atoms with E-state index in [1.807, 2.05) is 0 Å². The molecular formula is C9H11NO4S. The third-order valence-corrected chi connectivity index (χ3v) is 2.70. The van der Waals surface area contributed by atoms with Crippen LogP contribution in [0.25, 0.3) is 0 Å². The second kappa shape index (κ2) is 4.97. The van der Waals surface area contributed by atoms with E-state index < -0.39 is 5.97 Å². The maximum absolute atomic E-state index is 11.5. The predicted molar refractivity (Wildman–Crippen MR) is 55.2 cm³/mol. The van der Waals surface area contributed by atoms with Crippen LogP contribution in [0.5, 0.6) is 0 Å². The lowest BCUT2D eigenvalue weighted by Crippen LogP contribution is -2.32. The van der Waals surface area contributed by atoms with Crippen molar-refractivity contribution in [3.8, 4) is 0 Å². The van der Waals surface area contributed by atoms with Gasteiger partial charge in [-0.05, 0) is 6.42 Å². The highest BCUT2D eigenvalue weighted by atomic mass is 32.2. The van der Waals surface area contributed by atoms with Gasteiger partial charge < -0.3 is 10.0 Å². The molecule has 0 unspecified atom stereocenters. The van der Waals surface area contributed by atoms with Crippen LogP contribution in [0.2, 0.25) is 0 Å². The van der Waals surface area contributed by atoms with Crippen LogP contribution in [-0.4, -0.2) is 39.3 Å². The van der Waals surface area contributed by atoms with Crippen molar-refractivity contribution < 1.29 is 19.5 Å². The Morgan fingerprint density at radius 2 is 2.20 bits per heavy atom. The molecule has 1 aliphatic heterocycles. The highest BCUT2D eigenvalue weighted by Gasteiger charge is 2.26. The van der Waals surface area contributed by atoms with E-state index in [9.17, 15) is 14.4 Å². The van der Waals surface area contributed by atoms with Crippen LogP contribution in [0.4, 0.5) is 0 Å². The van der Waals surface area contributed by atoms with Crippen LogP contribution in [0, 0.1) is 0 Å². The van der Waals surface area contributed by atoms with E-state index in [2.05, 4.69) is 0 Å². The van der Waals surface area contributed by atoms with Crippen molar-refractivity contribution in [2.45, 2.75) is 13.3 Å². The molecule has 1 amide bonds. The zero-order chi connectivity index (χ0) is 11.4. The van der Waals surface area contributed by atoms with E-state index in [1.165, 1.54) is 17.9 Å². The van der Waals surface area contributed by atoms with Crippen molar-refractivity contribution >= 4 is 28.8 Å². The number of aliphatic carboxylic acids is 1. The Balaban J connectivity index is 2.57. The zero-order valence-electron chi connectivity index (χ0n) is 8.23. The SMILES string of the molecule is CC(=O)SCC(=O)N1CCC=C1C(=O)O. The molecule has 82 valence electrons. The molecule has 1 N–H and O–H groups in total. The van der Waals surface area contributed by atoms with Crippen LogP contribution in [0.1, 0.15) is 13.3 Å². The minimum Gasteiger partial charge on any atom is -0.477 e. The first-order valence-corrected chi connectivity index (χ1v) is 5.38. The first kappa shape index (κ1) is 11.8. The molecule has 0 atom stereocenters. The maximum Gasteiger partial charge on any atom is 0.352 e. The van der Waals surface area contributed by atoms with Crippen molar-refractivity contribution in [1.82, 2.24) is 4.90 Å². The minimum atomic E-state index is -1.10. The fraction of sp³-hybridized carbons (Fsp3) is 0.444. The van der Waals surface area contributed by atoms with Gasteiger partial charge in [0, 0.05) is 13.5 Å². The van der Waals surface area contributed by atoms with Crippen LogP contribution in [0.15, 0.2) is 11.8 Å². The van der Waals surface area contributed by atoms with Gasteiger partial charge in [-0.25, -0.2) is 4.79 Å². The average Bonchev–Trinajstić information content (AvgIpc) is 2.62. The standard InChI is InChI=1S/C9H11NO4S/c1-6(11)15-5-8(12)10-4-2-3-7(10)9(13)14/h3H,2,4-5H2,1H3,(H,13,14). The Bertz CT molecular complexity index is 337. The summed E-state index contributed by atoms with van der Waals surface area (Å²) in [7, 11) is 0. The molecule has 0 aromatic rings. The molecule has 5 nitrogen and oxygen atoms in total. The van der Waals surface area contributed by atoms with E-state index in [0.717, 1.165) is 11.8 Å². The Labute approximate surface area is 91.1 Å². The Morgan fingerprint density at radius 1 is 1.53 bits per heavy atom. The van der Waals surface area contributed by atoms with Crippen molar-refractivity contribution in [1.29, 1.82) is 0 Å². The summed E-state index contributed by atoms with van der Waals surface area (Å²) in [6.45, 7) is 1.76. The largest absolute Gasteiger partial charge is 0.477 e. The van der Waals surface area contributed by atoms with Crippen molar-refractivity contribution in [2.24, 2.45) is 0 Å². The van der Waals surface area contributed by atoms with Gasteiger partial charge in [-0.15, -0.1) is 0 Å². The molecule has 6 heteroatoms. The highest BCUT2D eigenvalue weighted by molar-refractivity contribution is 8.14. The lowest BCUT2D eigenvalue weighted by Gasteiger charge is -2.16. The van der Waals surface area contributed by atoms with Crippen molar-refractivity contribution in [3.05, 3.63) is 11.8 Å². The van der Waals surface area contributed by atoms with Gasteiger partial charge in [0.1, 0.15) is 5.70 Å². The molecule has 1 aliphatic rings. The molecule has 0 saturated carbocycles. The molecule has 0 radical (unpaired) electrons. The van der Waals surface area contributed by atoms with E-state index in [4.69, 9.17) is 5.11 Å². The molecule has 0 spiro atoms. The molecular weight excluding hydrogens is 218 g/mol. The molecule has 0 bridgehead atoms. The van der Waals surface area contributed by atoms with E-state index in [0.29, 0.717) is 13.0 Å². The van der Waals surface area contributed by atoms with Gasteiger partial charge >= 0.3 is 5.97 Å². The summed E-state index contributed by atoms with van der Waals surface area (Å²) in [5.74, 6) is -1.44. The fourth-order valence-corrected chi connectivity index (χ4v) is 1.75. The van der Waals surface area contributed by atoms with Crippen molar-refractivity contribution in [3.63, 3.8) is 0 Å². The monoisotopic (exact) mass is 229 g/mol. The Morgan fingerprint density at radius 3 is 2.73 bits per heavy atom. The quantitative estimate of drug-likeness (QED) is 0.761. The number of rotatable bonds is 3. The summed E-state index contributed by atoms with van der Waals surface area (Å²) in [5.41, 5.74) is 0.0177. The molecule has 0 aromatic carbocycles. The topological polar surface area (TPSA) is 74.7 Å². The maximum atomic E-state index is 11.5. The molecule has 0 fully saturated rings. The van der Waals surface area contributed by atoms with E-state index >= 15 is 0 Å². The molecule has 0 aliphatic carbocycles. The smallest absolute Gasteiger partial charge is 0.352 e. The Kier molecular flexibility index (Phi) is 3.90. The predicted octanol–water partition coefficient (Wildman–Crippen LogP) is 0.467. The zero-order valence-corrected chi connectivity index (χ0v) is 9.04. The number of carboxylic acid groups (broad SMARTS) is 1. The van der Waals surface area contributed by atoms with Gasteiger partial charge in [0.15, 0.2) is 5.12 Å². The molecule has 0 saturated heterocycles. The first-order chi connectivity index (χ1) is 7.02. The minimum absolute atomic E-state index is 0.0000463.